The molecule has 2 unspecified atom stereocenters. The van der Waals surface area contributed by atoms with E-state index in [2.05, 4.69) is 15.2 Å². The van der Waals surface area contributed by atoms with Crippen LogP contribution in [0.25, 0.3) is 11.1 Å². The first-order chi connectivity index (χ1) is 13.1. The molecule has 1 aliphatic carbocycles. The van der Waals surface area contributed by atoms with Crippen LogP contribution in [-0.2, 0) is 9.53 Å². The van der Waals surface area contributed by atoms with Crippen molar-refractivity contribution in [3.63, 3.8) is 0 Å². The average molecular weight is 373 g/mol. The number of hydrogen-bond acceptors (Lipinski definition) is 6. The van der Waals surface area contributed by atoms with Crippen LogP contribution in [-0.4, -0.2) is 49.3 Å². The lowest BCUT2D eigenvalue weighted by Gasteiger charge is -2.17. The zero-order chi connectivity index (χ0) is 18.8. The van der Waals surface area contributed by atoms with Gasteiger partial charge in [-0.15, -0.1) is 0 Å². The fraction of sp³-hybridized carbons (Fsp3) is 0.600. The van der Waals surface area contributed by atoms with Gasteiger partial charge in [-0.3, -0.25) is 4.79 Å². The monoisotopic (exact) mass is 373 g/mol. The molecule has 0 bridgehead atoms. The number of aromatic nitrogens is 1. The van der Waals surface area contributed by atoms with E-state index in [0.717, 1.165) is 48.9 Å². The van der Waals surface area contributed by atoms with Crippen molar-refractivity contribution in [1.82, 2.24) is 10.3 Å². The van der Waals surface area contributed by atoms with Gasteiger partial charge in [-0.25, -0.2) is 0 Å². The summed E-state index contributed by atoms with van der Waals surface area (Å²) in [5, 5.41) is 2.83. The maximum atomic E-state index is 11.1. The van der Waals surface area contributed by atoms with Gasteiger partial charge in [0.15, 0.2) is 5.58 Å². The lowest BCUT2D eigenvalue weighted by molar-refractivity contribution is -0.120. The lowest BCUT2D eigenvalue weighted by Crippen LogP contribution is -2.36. The number of hydrogen-bond donors (Lipinski definition) is 1. The number of anilines is 1. The van der Waals surface area contributed by atoms with Gasteiger partial charge < -0.3 is 24.1 Å². The zero-order valence-electron chi connectivity index (χ0n) is 15.9. The van der Waals surface area contributed by atoms with Gasteiger partial charge in [0.2, 0.25) is 5.91 Å². The molecule has 1 aliphatic heterocycles. The lowest BCUT2D eigenvalue weighted by atomic mass is 10.3. The van der Waals surface area contributed by atoms with E-state index in [9.17, 15) is 4.79 Å². The molecule has 0 radical (unpaired) electrons. The molecular formula is C20H27N3O4. The average Bonchev–Trinajstić information content (AvgIpc) is 3.17. The molecular weight excluding hydrogens is 346 g/mol. The maximum absolute atomic E-state index is 11.1. The van der Waals surface area contributed by atoms with Crippen LogP contribution in [0, 0.1) is 5.92 Å². The molecule has 1 saturated carbocycles. The molecule has 4 rings (SSSR count). The first-order valence-corrected chi connectivity index (χ1v) is 9.74. The highest BCUT2D eigenvalue weighted by Gasteiger charge is 2.27. The number of ether oxygens (including phenoxy) is 2. The summed E-state index contributed by atoms with van der Waals surface area (Å²) < 4.78 is 17.7. The normalized spacial score (nSPS) is 20.8. The number of rotatable bonds is 8. The van der Waals surface area contributed by atoms with Crippen LogP contribution in [0.15, 0.2) is 22.6 Å². The SMILES string of the molecule is CC(=O)NC(C)COC1CCN(c2nc3ccc(OCC4CC4)cc3o2)C1. The van der Waals surface area contributed by atoms with E-state index < -0.39 is 0 Å². The molecule has 7 heteroatoms. The number of carbonyl (C=O) groups excluding carboxylic acids is 1. The Hall–Kier alpha value is -2.28. The Bertz CT molecular complexity index is 802. The second kappa shape index (κ2) is 7.76. The van der Waals surface area contributed by atoms with Crippen molar-refractivity contribution in [3.05, 3.63) is 18.2 Å². The van der Waals surface area contributed by atoms with E-state index in [4.69, 9.17) is 13.9 Å². The Labute approximate surface area is 159 Å². The summed E-state index contributed by atoms with van der Waals surface area (Å²) in [6.45, 7) is 6.34. The molecule has 0 spiro atoms. The first-order valence-electron chi connectivity index (χ1n) is 9.74. The molecule has 1 amide bonds. The smallest absolute Gasteiger partial charge is 0.298 e. The minimum atomic E-state index is -0.0360. The molecule has 1 N–H and O–H groups in total. The summed E-state index contributed by atoms with van der Waals surface area (Å²) in [5.74, 6) is 1.53. The van der Waals surface area contributed by atoms with E-state index in [1.54, 1.807) is 0 Å². The molecule has 27 heavy (non-hydrogen) atoms. The van der Waals surface area contributed by atoms with Crippen LogP contribution in [0.1, 0.15) is 33.1 Å². The third kappa shape index (κ3) is 4.71. The molecule has 7 nitrogen and oxygen atoms in total. The summed E-state index contributed by atoms with van der Waals surface area (Å²) in [6, 6.07) is 6.47. The third-order valence-corrected chi connectivity index (χ3v) is 4.98. The number of nitrogens with one attached hydrogen (secondary N) is 1. The van der Waals surface area contributed by atoms with E-state index in [1.165, 1.54) is 19.8 Å². The van der Waals surface area contributed by atoms with Crippen molar-refractivity contribution in [1.29, 1.82) is 0 Å². The standard InChI is InChI=1S/C20H27N3O4/c1-13(21-14(2)24)11-25-17-7-8-23(10-17)20-22-18-6-5-16(9-19(18)27-20)26-12-15-3-4-15/h5-6,9,13,15,17H,3-4,7-8,10-12H2,1-2H3,(H,21,24). The van der Waals surface area contributed by atoms with Crippen molar-refractivity contribution in [2.24, 2.45) is 5.92 Å². The molecule has 2 aliphatic rings. The van der Waals surface area contributed by atoms with Crippen LogP contribution in [0.5, 0.6) is 5.75 Å². The van der Waals surface area contributed by atoms with Crippen LogP contribution < -0.4 is 15.0 Å². The van der Waals surface area contributed by atoms with Crippen molar-refractivity contribution < 1.29 is 18.7 Å². The van der Waals surface area contributed by atoms with Crippen molar-refractivity contribution in [2.45, 2.75) is 45.3 Å². The van der Waals surface area contributed by atoms with Crippen molar-refractivity contribution in [2.75, 3.05) is 31.2 Å². The fourth-order valence-electron chi connectivity index (χ4n) is 3.32. The minimum absolute atomic E-state index is 0.00920. The van der Waals surface area contributed by atoms with E-state index >= 15 is 0 Å². The van der Waals surface area contributed by atoms with Gasteiger partial charge in [-0.1, -0.05) is 0 Å². The van der Waals surface area contributed by atoms with Gasteiger partial charge in [0.1, 0.15) is 11.3 Å². The Morgan fingerprint density at radius 1 is 1.41 bits per heavy atom. The Balaban J connectivity index is 1.33. The van der Waals surface area contributed by atoms with Gasteiger partial charge in [0.25, 0.3) is 6.01 Å². The van der Waals surface area contributed by atoms with Crippen LogP contribution >= 0.6 is 0 Å². The number of fused-ring (bicyclic) bond motifs is 1. The number of carbonyl (C=O) groups is 1. The number of benzene rings is 1. The number of amides is 1. The quantitative estimate of drug-likeness (QED) is 0.767. The molecule has 2 heterocycles. The molecule has 2 aromatic rings. The van der Waals surface area contributed by atoms with E-state index in [0.29, 0.717) is 12.6 Å². The molecule has 1 aromatic heterocycles. The maximum Gasteiger partial charge on any atom is 0.298 e. The Kier molecular flexibility index (Phi) is 5.20. The molecule has 146 valence electrons. The highest BCUT2D eigenvalue weighted by molar-refractivity contribution is 5.76. The number of nitrogens with zero attached hydrogens (tertiary/aromatic N) is 2. The summed E-state index contributed by atoms with van der Waals surface area (Å²) in [5.41, 5.74) is 1.59. The largest absolute Gasteiger partial charge is 0.493 e. The first kappa shape index (κ1) is 18.1. The third-order valence-electron chi connectivity index (χ3n) is 4.98. The molecule has 2 fully saturated rings. The summed E-state index contributed by atoms with van der Waals surface area (Å²) in [7, 11) is 0. The van der Waals surface area contributed by atoms with Crippen LogP contribution in [0.3, 0.4) is 0 Å². The second-order valence-electron chi connectivity index (χ2n) is 7.67. The topological polar surface area (TPSA) is 76.8 Å². The highest BCUT2D eigenvalue weighted by atomic mass is 16.5. The van der Waals surface area contributed by atoms with E-state index in [1.807, 2.05) is 25.1 Å². The second-order valence-corrected chi connectivity index (χ2v) is 7.67. The Morgan fingerprint density at radius 2 is 2.26 bits per heavy atom. The highest BCUT2D eigenvalue weighted by Crippen LogP contribution is 2.31. The fourth-order valence-corrected chi connectivity index (χ4v) is 3.32. The van der Waals surface area contributed by atoms with Crippen molar-refractivity contribution >= 4 is 23.0 Å². The minimum Gasteiger partial charge on any atom is -0.493 e. The zero-order valence-corrected chi connectivity index (χ0v) is 15.9. The van der Waals surface area contributed by atoms with Gasteiger partial charge in [-0.05, 0) is 44.2 Å². The van der Waals surface area contributed by atoms with Crippen molar-refractivity contribution in [3.8, 4) is 5.75 Å². The van der Waals surface area contributed by atoms with E-state index in [-0.39, 0.29) is 18.1 Å². The summed E-state index contributed by atoms with van der Waals surface area (Å²) >= 11 is 0. The number of oxazole rings is 1. The predicted molar refractivity (Wildman–Crippen MR) is 102 cm³/mol. The summed E-state index contributed by atoms with van der Waals surface area (Å²) in [6.07, 6.45) is 3.59. The Morgan fingerprint density at radius 3 is 3.04 bits per heavy atom. The summed E-state index contributed by atoms with van der Waals surface area (Å²) in [4.78, 5) is 17.8. The predicted octanol–water partition coefficient (Wildman–Crippen LogP) is 2.74. The van der Waals surface area contributed by atoms with Gasteiger partial charge in [0, 0.05) is 32.1 Å². The van der Waals surface area contributed by atoms with Crippen LogP contribution in [0.4, 0.5) is 6.01 Å². The van der Waals surface area contributed by atoms with Crippen LogP contribution in [0.2, 0.25) is 0 Å². The molecule has 1 saturated heterocycles. The molecule has 1 aromatic carbocycles. The van der Waals surface area contributed by atoms with Gasteiger partial charge >= 0.3 is 0 Å². The van der Waals surface area contributed by atoms with Gasteiger partial charge in [-0.2, -0.15) is 4.98 Å². The van der Waals surface area contributed by atoms with Gasteiger partial charge in [0.05, 0.1) is 19.3 Å². The molecule has 2 atom stereocenters.